The topological polar surface area (TPSA) is 55.4 Å². The van der Waals surface area contributed by atoms with Gasteiger partial charge in [0, 0.05) is 11.1 Å². The van der Waals surface area contributed by atoms with Crippen molar-refractivity contribution >= 4 is 11.7 Å². The molecule has 4 nitrogen and oxygen atoms in total. The van der Waals surface area contributed by atoms with Gasteiger partial charge in [0.15, 0.2) is 5.78 Å². The lowest BCUT2D eigenvalue weighted by molar-refractivity contribution is -0.137. The van der Waals surface area contributed by atoms with E-state index < -0.39 is 17.6 Å². The normalized spacial score (nSPS) is 10.6. The third-order valence-electron chi connectivity index (χ3n) is 4.39. The van der Waals surface area contributed by atoms with Crippen LogP contribution in [0.25, 0.3) is 0 Å². The van der Waals surface area contributed by atoms with E-state index in [-0.39, 0.29) is 35.8 Å². The van der Waals surface area contributed by atoms with Crippen LogP contribution in [-0.2, 0) is 6.18 Å². The Bertz CT molecular complexity index is 1160. The maximum Gasteiger partial charge on any atom is 0.416 e. The molecular weight excluding hydrogens is 419 g/mol. The molecule has 0 atom stereocenters. The quantitative estimate of drug-likeness (QED) is 0.447. The molecule has 0 aromatic heterocycles. The zero-order valence-corrected chi connectivity index (χ0v) is 16.8. The van der Waals surface area contributed by atoms with E-state index in [1.165, 1.54) is 12.1 Å². The Balaban J connectivity index is 1.56. The van der Waals surface area contributed by atoms with Crippen molar-refractivity contribution in [2.45, 2.75) is 6.18 Å². The fraction of sp³-hybridized carbons (Fsp3) is 0.120. The van der Waals surface area contributed by atoms with Crippen molar-refractivity contribution in [2.24, 2.45) is 0 Å². The second kappa shape index (κ2) is 10.3. The number of carbonyl (C=O) groups excluding carboxylic acids is 2. The summed E-state index contributed by atoms with van der Waals surface area (Å²) >= 11 is 0. The van der Waals surface area contributed by atoms with Gasteiger partial charge in [0.2, 0.25) is 0 Å². The molecule has 0 saturated heterocycles. The highest BCUT2D eigenvalue weighted by molar-refractivity contribution is 6.15. The number of ketones is 1. The number of amides is 1. The van der Waals surface area contributed by atoms with Crippen molar-refractivity contribution in [2.75, 3.05) is 13.2 Å². The predicted molar refractivity (Wildman–Crippen MR) is 113 cm³/mol. The standard InChI is InChI=1S/C25H18F3NO3/c26-25(27,28)19-11-8-12-20(17-19)32-16-7-6-15-29-24(31)22-14-5-4-13-21(22)23(30)18-9-2-1-3-10-18/h1-5,8-14,17H,15-16H2,(H,29,31). The molecule has 3 aromatic carbocycles. The van der Waals surface area contributed by atoms with E-state index >= 15 is 0 Å². The van der Waals surface area contributed by atoms with Crippen LogP contribution in [0.4, 0.5) is 13.2 Å². The first-order valence-corrected chi connectivity index (χ1v) is 9.59. The largest absolute Gasteiger partial charge is 0.481 e. The molecule has 0 aliphatic carbocycles. The molecule has 0 fully saturated rings. The summed E-state index contributed by atoms with van der Waals surface area (Å²) < 4.78 is 43.3. The Labute approximate surface area is 183 Å². The number of hydrogen-bond acceptors (Lipinski definition) is 3. The number of nitrogens with one attached hydrogen (secondary N) is 1. The van der Waals surface area contributed by atoms with Gasteiger partial charge in [0.1, 0.15) is 12.4 Å². The predicted octanol–water partition coefficient (Wildman–Crippen LogP) is 4.75. The van der Waals surface area contributed by atoms with Crippen molar-refractivity contribution in [3.63, 3.8) is 0 Å². The molecule has 0 bridgehead atoms. The van der Waals surface area contributed by atoms with Gasteiger partial charge in [-0.2, -0.15) is 13.2 Å². The summed E-state index contributed by atoms with van der Waals surface area (Å²) in [6.45, 7) is -0.154. The number of ether oxygens (including phenoxy) is 1. The highest BCUT2D eigenvalue weighted by Crippen LogP contribution is 2.31. The molecule has 32 heavy (non-hydrogen) atoms. The molecule has 1 amide bonds. The van der Waals surface area contributed by atoms with Crippen LogP contribution in [0.2, 0.25) is 0 Å². The summed E-state index contributed by atoms with van der Waals surface area (Å²) in [7, 11) is 0. The minimum atomic E-state index is -4.45. The van der Waals surface area contributed by atoms with Gasteiger partial charge in [-0.1, -0.05) is 66.4 Å². The molecular formula is C25H18F3NO3. The number of rotatable bonds is 6. The lowest BCUT2D eigenvalue weighted by atomic mass is 9.98. The van der Waals surface area contributed by atoms with E-state index in [2.05, 4.69) is 17.2 Å². The van der Waals surface area contributed by atoms with E-state index in [1.54, 1.807) is 54.6 Å². The third kappa shape index (κ3) is 5.99. The maximum absolute atomic E-state index is 12.7. The minimum absolute atomic E-state index is 0.0152. The summed E-state index contributed by atoms with van der Waals surface area (Å²) in [6.07, 6.45) is -4.45. The minimum Gasteiger partial charge on any atom is -0.481 e. The van der Waals surface area contributed by atoms with E-state index in [9.17, 15) is 22.8 Å². The van der Waals surface area contributed by atoms with Gasteiger partial charge in [-0.3, -0.25) is 9.59 Å². The number of alkyl halides is 3. The third-order valence-corrected chi connectivity index (χ3v) is 4.39. The lowest BCUT2D eigenvalue weighted by Crippen LogP contribution is -2.25. The number of benzene rings is 3. The maximum atomic E-state index is 12.7. The van der Waals surface area contributed by atoms with Crippen LogP contribution in [0.15, 0.2) is 78.9 Å². The van der Waals surface area contributed by atoms with Crippen LogP contribution in [0.1, 0.15) is 31.8 Å². The molecule has 7 heteroatoms. The fourth-order valence-electron chi connectivity index (χ4n) is 2.84. The average Bonchev–Trinajstić information content (AvgIpc) is 2.81. The zero-order valence-electron chi connectivity index (χ0n) is 16.8. The Kier molecular flexibility index (Phi) is 7.29. The fourth-order valence-corrected chi connectivity index (χ4v) is 2.84. The highest BCUT2D eigenvalue weighted by Gasteiger charge is 2.30. The van der Waals surface area contributed by atoms with E-state index in [0.717, 1.165) is 12.1 Å². The van der Waals surface area contributed by atoms with E-state index in [1.807, 2.05) is 0 Å². The van der Waals surface area contributed by atoms with E-state index in [4.69, 9.17) is 4.74 Å². The molecule has 0 radical (unpaired) electrons. The Morgan fingerprint density at radius 3 is 2.25 bits per heavy atom. The van der Waals surface area contributed by atoms with Gasteiger partial charge >= 0.3 is 6.18 Å². The van der Waals surface area contributed by atoms with Gasteiger partial charge in [-0.25, -0.2) is 0 Å². The first-order chi connectivity index (χ1) is 15.4. The smallest absolute Gasteiger partial charge is 0.416 e. The molecule has 0 saturated carbocycles. The summed E-state index contributed by atoms with van der Waals surface area (Å²) in [4.78, 5) is 25.2. The van der Waals surface area contributed by atoms with Crippen molar-refractivity contribution in [1.29, 1.82) is 0 Å². The van der Waals surface area contributed by atoms with Crippen molar-refractivity contribution < 1.29 is 27.5 Å². The molecule has 3 rings (SSSR count). The van der Waals surface area contributed by atoms with Gasteiger partial charge in [-0.05, 0) is 24.3 Å². The highest BCUT2D eigenvalue weighted by atomic mass is 19.4. The van der Waals surface area contributed by atoms with Crippen LogP contribution >= 0.6 is 0 Å². The second-order valence-corrected chi connectivity index (χ2v) is 6.59. The van der Waals surface area contributed by atoms with Crippen LogP contribution in [0, 0.1) is 11.8 Å². The summed E-state index contributed by atoms with van der Waals surface area (Å²) in [6, 6.07) is 19.6. The van der Waals surface area contributed by atoms with Gasteiger partial charge in [-0.15, -0.1) is 0 Å². The Hall–Kier alpha value is -4.05. The number of hydrogen-bond donors (Lipinski definition) is 1. The number of halogens is 3. The van der Waals surface area contributed by atoms with Crippen LogP contribution in [-0.4, -0.2) is 24.8 Å². The summed E-state index contributed by atoms with van der Waals surface area (Å²) in [5, 5.41) is 2.60. The average molecular weight is 437 g/mol. The van der Waals surface area contributed by atoms with Crippen LogP contribution in [0.5, 0.6) is 5.75 Å². The van der Waals surface area contributed by atoms with E-state index in [0.29, 0.717) is 5.56 Å². The van der Waals surface area contributed by atoms with Crippen molar-refractivity contribution in [3.05, 3.63) is 101 Å². The molecule has 162 valence electrons. The molecule has 0 unspecified atom stereocenters. The van der Waals surface area contributed by atoms with Gasteiger partial charge < -0.3 is 10.1 Å². The van der Waals surface area contributed by atoms with Crippen molar-refractivity contribution in [3.8, 4) is 17.6 Å². The lowest BCUT2D eigenvalue weighted by Gasteiger charge is -2.08. The monoisotopic (exact) mass is 437 g/mol. The Morgan fingerprint density at radius 2 is 1.53 bits per heavy atom. The molecule has 3 aromatic rings. The second-order valence-electron chi connectivity index (χ2n) is 6.59. The van der Waals surface area contributed by atoms with Crippen molar-refractivity contribution in [1.82, 2.24) is 5.32 Å². The Morgan fingerprint density at radius 1 is 0.844 bits per heavy atom. The summed E-state index contributed by atoms with van der Waals surface area (Å²) in [5.41, 5.74) is 0.165. The first-order valence-electron chi connectivity index (χ1n) is 9.59. The molecule has 0 spiro atoms. The number of carbonyl (C=O) groups is 2. The molecule has 0 aliphatic heterocycles. The zero-order chi connectivity index (χ0) is 23.0. The van der Waals surface area contributed by atoms with Crippen LogP contribution < -0.4 is 10.1 Å². The molecule has 0 heterocycles. The van der Waals surface area contributed by atoms with Gasteiger partial charge in [0.05, 0.1) is 17.7 Å². The van der Waals surface area contributed by atoms with Crippen LogP contribution in [0.3, 0.4) is 0 Å². The first kappa shape index (κ1) is 22.6. The summed E-state index contributed by atoms with van der Waals surface area (Å²) in [5.74, 6) is 4.62. The van der Waals surface area contributed by atoms with Gasteiger partial charge in [0.25, 0.3) is 5.91 Å². The molecule has 0 aliphatic rings. The SMILES string of the molecule is O=C(NCC#CCOc1cccc(C(F)(F)F)c1)c1ccccc1C(=O)c1ccccc1. The molecule has 1 N–H and O–H groups in total.